The summed E-state index contributed by atoms with van der Waals surface area (Å²) in [5.41, 5.74) is 3.18. The maximum atomic E-state index is 14.4. The number of carbonyl (C=O) groups excluding carboxylic acids is 2. The van der Waals surface area contributed by atoms with Gasteiger partial charge in [0.2, 0.25) is 11.8 Å². The fourth-order valence-electron chi connectivity index (χ4n) is 5.99. The highest BCUT2D eigenvalue weighted by Crippen LogP contribution is 2.39. The molecule has 5 rings (SSSR count). The fraction of sp³-hybridized carbons (Fsp3) is 0.353. The molecular formula is C34H39N3O5. The highest BCUT2D eigenvalue weighted by Gasteiger charge is 2.36. The van der Waals surface area contributed by atoms with Gasteiger partial charge in [-0.2, -0.15) is 0 Å². The SMILES string of the molecule is COc1ccccc1CN(C(=O)Cc1c[nH]c2ccccc12)[C@@H](C(=O)NC1CCCCC1)c1cccc(OC)c1OC. The van der Waals surface area contributed by atoms with Crippen molar-refractivity contribution in [2.75, 3.05) is 21.3 Å². The lowest BCUT2D eigenvalue weighted by Gasteiger charge is -2.34. The molecular weight excluding hydrogens is 530 g/mol. The number of H-pyrrole nitrogens is 1. The molecule has 1 aliphatic rings. The summed E-state index contributed by atoms with van der Waals surface area (Å²) in [7, 11) is 4.72. The Kier molecular flexibility index (Phi) is 9.31. The van der Waals surface area contributed by atoms with Crippen LogP contribution in [0.5, 0.6) is 17.2 Å². The second-order valence-electron chi connectivity index (χ2n) is 10.7. The number of carbonyl (C=O) groups is 2. The summed E-state index contributed by atoms with van der Waals surface area (Å²) >= 11 is 0. The molecule has 8 heteroatoms. The van der Waals surface area contributed by atoms with Crippen molar-refractivity contribution in [3.63, 3.8) is 0 Å². The van der Waals surface area contributed by atoms with Gasteiger partial charge >= 0.3 is 0 Å². The summed E-state index contributed by atoms with van der Waals surface area (Å²) in [4.78, 5) is 33.7. The van der Waals surface area contributed by atoms with Crippen molar-refractivity contribution >= 4 is 22.7 Å². The average Bonchev–Trinajstić information content (AvgIpc) is 3.43. The maximum Gasteiger partial charge on any atom is 0.247 e. The van der Waals surface area contributed by atoms with E-state index < -0.39 is 6.04 Å². The lowest BCUT2D eigenvalue weighted by molar-refractivity contribution is -0.141. The first-order valence-corrected chi connectivity index (χ1v) is 14.5. The first-order chi connectivity index (χ1) is 20.5. The molecule has 0 bridgehead atoms. The average molecular weight is 570 g/mol. The quantitative estimate of drug-likeness (QED) is 0.233. The largest absolute Gasteiger partial charge is 0.496 e. The number of hydrogen-bond acceptors (Lipinski definition) is 5. The molecule has 1 fully saturated rings. The number of amides is 2. The minimum Gasteiger partial charge on any atom is -0.496 e. The summed E-state index contributed by atoms with van der Waals surface area (Å²) in [6.45, 7) is 0.161. The van der Waals surface area contributed by atoms with Gasteiger partial charge in [-0.05, 0) is 36.6 Å². The lowest BCUT2D eigenvalue weighted by Crippen LogP contribution is -2.47. The predicted octanol–water partition coefficient (Wildman–Crippen LogP) is 5.96. The van der Waals surface area contributed by atoms with Gasteiger partial charge in [0.1, 0.15) is 11.8 Å². The molecule has 2 N–H and O–H groups in total. The first-order valence-electron chi connectivity index (χ1n) is 14.5. The Morgan fingerprint density at radius 2 is 1.57 bits per heavy atom. The number of rotatable bonds is 11. The maximum absolute atomic E-state index is 14.4. The van der Waals surface area contributed by atoms with Crippen LogP contribution in [0.2, 0.25) is 0 Å². The fourth-order valence-corrected chi connectivity index (χ4v) is 5.99. The summed E-state index contributed by atoms with van der Waals surface area (Å²) in [6.07, 6.45) is 7.13. The Balaban J connectivity index is 1.61. The van der Waals surface area contributed by atoms with Crippen molar-refractivity contribution in [2.45, 2.75) is 57.2 Å². The molecule has 0 saturated heterocycles. The van der Waals surface area contributed by atoms with Crippen molar-refractivity contribution < 1.29 is 23.8 Å². The van der Waals surface area contributed by atoms with E-state index in [4.69, 9.17) is 14.2 Å². The standard InChI is InChI=1S/C34H39N3O5/c1-40-29-18-10-7-12-23(29)22-37(31(38)20-24-21-35-28-17-9-8-15-26(24)28)32(34(39)36-25-13-5-4-6-14-25)27-16-11-19-30(41-2)33(27)42-3/h7-12,15-19,21,25,32,35H,4-6,13-14,20,22H2,1-3H3,(H,36,39)/t32-/m1/s1. The van der Waals surface area contributed by atoms with E-state index in [2.05, 4.69) is 10.3 Å². The van der Waals surface area contributed by atoms with E-state index in [1.807, 2.05) is 66.9 Å². The van der Waals surface area contributed by atoms with Gasteiger partial charge in [0, 0.05) is 34.3 Å². The number of methoxy groups -OCH3 is 3. The minimum atomic E-state index is -0.973. The Morgan fingerprint density at radius 3 is 2.33 bits per heavy atom. The summed E-state index contributed by atoms with van der Waals surface area (Å²) < 4.78 is 17.1. The highest BCUT2D eigenvalue weighted by atomic mass is 16.5. The Labute approximate surface area is 247 Å². The summed E-state index contributed by atoms with van der Waals surface area (Å²) in [5, 5.41) is 4.25. The molecule has 220 valence electrons. The van der Waals surface area contributed by atoms with Gasteiger partial charge in [0.05, 0.1) is 34.3 Å². The number of fused-ring (bicyclic) bond motifs is 1. The van der Waals surface area contributed by atoms with Crippen molar-refractivity contribution in [1.29, 1.82) is 0 Å². The van der Waals surface area contributed by atoms with Crippen LogP contribution in [-0.2, 0) is 22.6 Å². The van der Waals surface area contributed by atoms with Crippen molar-refractivity contribution in [3.8, 4) is 17.2 Å². The third kappa shape index (κ3) is 6.22. The molecule has 0 aliphatic heterocycles. The molecule has 4 aromatic rings. The van der Waals surface area contributed by atoms with E-state index in [1.165, 1.54) is 6.42 Å². The molecule has 1 heterocycles. The monoisotopic (exact) mass is 569 g/mol. The van der Waals surface area contributed by atoms with Gasteiger partial charge in [-0.25, -0.2) is 0 Å². The molecule has 1 atom stereocenters. The van der Waals surface area contributed by atoms with Gasteiger partial charge < -0.3 is 29.4 Å². The van der Waals surface area contributed by atoms with Crippen molar-refractivity contribution in [1.82, 2.24) is 15.2 Å². The van der Waals surface area contributed by atoms with Crippen molar-refractivity contribution in [2.24, 2.45) is 0 Å². The third-order valence-electron chi connectivity index (χ3n) is 8.11. The van der Waals surface area contributed by atoms with Crippen LogP contribution in [0.15, 0.2) is 72.9 Å². The van der Waals surface area contributed by atoms with E-state index in [1.54, 1.807) is 32.3 Å². The zero-order valence-electron chi connectivity index (χ0n) is 24.5. The van der Waals surface area contributed by atoms with E-state index in [-0.39, 0.29) is 30.8 Å². The lowest BCUT2D eigenvalue weighted by atomic mass is 9.94. The zero-order valence-corrected chi connectivity index (χ0v) is 24.5. The van der Waals surface area contributed by atoms with Gasteiger partial charge in [-0.1, -0.05) is 67.8 Å². The second kappa shape index (κ2) is 13.5. The van der Waals surface area contributed by atoms with Crippen LogP contribution in [0.4, 0.5) is 0 Å². The Bertz CT molecular complexity index is 1520. The van der Waals surface area contributed by atoms with Gasteiger partial charge in [-0.3, -0.25) is 9.59 Å². The molecule has 1 saturated carbocycles. The Hall–Kier alpha value is -4.46. The highest BCUT2D eigenvalue weighted by molar-refractivity contribution is 5.93. The molecule has 8 nitrogen and oxygen atoms in total. The molecule has 3 aromatic carbocycles. The normalized spacial score (nSPS) is 14.3. The molecule has 0 radical (unpaired) electrons. The summed E-state index contributed by atoms with van der Waals surface area (Å²) in [5.74, 6) is 1.13. The Morgan fingerprint density at radius 1 is 0.857 bits per heavy atom. The molecule has 42 heavy (non-hydrogen) atoms. The van der Waals surface area contributed by atoms with Crippen LogP contribution in [0.3, 0.4) is 0 Å². The number of para-hydroxylation sites is 3. The molecule has 1 aromatic heterocycles. The van der Waals surface area contributed by atoms with Gasteiger partial charge in [0.15, 0.2) is 11.5 Å². The summed E-state index contributed by atoms with van der Waals surface area (Å²) in [6, 6.07) is 20.0. The van der Waals surface area contributed by atoms with Crippen LogP contribution in [-0.4, -0.2) is 49.1 Å². The zero-order chi connectivity index (χ0) is 29.5. The minimum absolute atomic E-state index is 0.0576. The van der Waals surface area contributed by atoms with Gasteiger partial charge in [0.25, 0.3) is 0 Å². The number of aromatic amines is 1. The van der Waals surface area contributed by atoms with Crippen LogP contribution in [0.1, 0.15) is 54.8 Å². The number of hydrogen-bond donors (Lipinski definition) is 2. The number of nitrogens with zero attached hydrogens (tertiary/aromatic N) is 1. The molecule has 0 spiro atoms. The number of ether oxygens (including phenoxy) is 3. The first kappa shape index (κ1) is 29.0. The third-order valence-corrected chi connectivity index (χ3v) is 8.11. The van der Waals surface area contributed by atoms with Crippen LogP contribution >= 0.6 is 0 Å². The van der Waals surface area contributed by atoms with Crippen LogP contribution < -0.4 is 19.5 Å². The smallest absolute Gasteiger partial charge is 0.247 e. The van der Waals surface area contributed by atoms with E-state index in [9.17, 15) is 9.59 Å². The molecule has 2 amide bonds. The number of nitrogens with one attached hydrogen (secondary N) is 2. The van der Waals surface area contributed by atoms with Crippen LogP contribution in [0.25, 0.3) is 10.9 Å². The molecule has 1 aliphatic carbocycles. The predicted molar refractivity (Wildman–Crippen MR) is 163 cm³/mol. The molecule has 0 unspecified atom stereocenters. The van der Waals surface area contributed by atoms with E-state index in [0.717, 1.165) is 47.7 Å². The number of aromatic nitrogens is 1. The van der Waals surface area contributed by atoms with Crippen molar-refractivity contribution in [3.05, 3.63) is 89.6 Å². The van der Waals surface area contributed by atoms with Crippen LogP contribution in [0, 0.1) is 0 Å². The second-order valence-corrected chi connectivity index (χ2v) is 10.7. The van der Waals surface area contributed by atoms with E-state index >= 15 is 0 Å². The number of benzene rings is 3. The van der Waals surface area contributed by atoms with E-state index in [0.29, 0.717) is 22.8 Å². The van der Waals surface area contributed by atoms with Gasteiger partial charge in [-0.15, -0.1) is 0 Å². The topological polar surface area (TPSA) is 92.9 Å².